The van der Waals surface area contributed by atoms with Crippen LogP contribution in [0.2, 0.25) is 10.0 Å². The number of halogens is 2. The van der Waals surface area contributed by atoms with Crippen molar-refractivity contribution >= 4 is 52.1 Å². The summed E-state index contributed by atoms with van der Waals surface area (Å²) in [5.41, 5.74) is 0.928. The summed E-state index contributed by atoms with van der Waals surface area (Å²) in [6.07, 6.45) is 0.850. The van der Waals surface area contributed by atoms with E-state index in [1.54, 1.807) is 36.4 Å². The number of carbonyl (C=O) groups is 1. The molecule has 0 aromatic heterocycles. The minimum Gasteiger partial charge on any atom is -0.493 e. The Bertz CT molecular complexity index is 753. The fourth-order valence-corrected chi connectivity index (χ4v) is 2.47. The number of nitrogens with one attached hydrogen (secondary N) is 2. The minimum absolute atomic E-state index is 0.120. The van der Waals surface area contributed by atoms with E-state index >= 15 is 0 Å². The number of thiocarbonyl (C=S) groups is 1. The molecule has 4 nitrogen and oxygen atoms in total. The second-order valence-electron chi connectivity index (χ2n) is 4.85. The zero-order valence-electron chi connectivity index (χ0n) is 12.9. The van der Waals surface area contributed by atoms with E-state index in [2.05, 4.69) is 10.6 Å². The molecule has 1 amide bonds. The van der Waals surface area contributed by atoms with Crippen LogP contribution < -0.4 is 15.4 Å². The summed E-state index contributed by atoms with van der Waals surface area (Å²) in [6.45, 7) is 2.53. The topological polar surface area (TPSA) is 50.4 Å². The van der Waals surface area contributed by atoms with Crippen LogP contribution in [0.25, 0.3) is 0 Å². The molecule has 2 aromatic carbocycles. The summed E-state index contributed by atoms with van der Waals surface area (Å²) in [7, 11) is 0. The predicted octanol–water partition coefficient (Wildman–Crippen LogP) is 4.91. The molecule has 0 atom stereocenters. The van der Waals surface area contributed by atoms with Gasteiger partial charge in [-0.15, -0.1) is 0 Å². The molecule has 0 heterocycles. The van der Waals surface area contributed by atoms with Crippen molar-refractivity contribution in [3.63, 3.8) is 0 Å². The number of para-hydroxylation sites is 1. The molecule has 0 bridgehead atoms. The van der Waals surface area contributed by atoms with E-state index in [0.29, 0.717) is 33.7 Å². The molecule has 0 fully saturated rings. The molecule has 0 aliphatic heterocycles. The number of benzene rings is 2. The van der Waals surface area contributed by atoms with Crippen molar-refractivity contribution in [1.82, 2.24) is 5.32 Å². The lowest BCUT2D eigenvalue weighted by atomic mass is 10.2. The van der Waals surface area contributed by atoms with Crippen molar-refractivity contribution in [2.24, 2.45) is 0 Å². The molecule has 0 radical (unpaired) electrons. The summed E-state index contributed by atoms with van der Waals surface area (Å²) in [5.74, 6) is 0.151. The Morgan fingerprint density at radius 3 is 2.67 bits per heavy atom. The molecule has 2 aromatic rings. The molecule has 0 unspecified atom stereocenters. The molecule has 0 aliphatic rings. The van der Waals surface area contributed by atoms with Crippen LogP contribution >= 0.6 is 35.4 Å². The Hall–Kier alpha value is -1.82. The van der Waals surface area contributed by atoms with Crippen LogP contribution in [0.3, 0.4) is 0 Å². The first-order valence-corrected chi connectivity index (χ1v) is 8.47. The Kier molecular flexibility index (Phi) is 6.85. The van der Waals surface area contributed by atoms with Gasteiger partial charge in [-0.05, 0) is 42.9 Å². The van der Waals surface area contributed by atoms with Gasteiger partial charge in [-0.3, -0.25) is 10.1 Å². The largest absolute Gasteiger partial charge is 0.493 e. The van der Waals surface area contributed by atoms with Gasteiger partial charge in [0.2, 0.25) is 0 Å². The molecule has 126 valence electrons. The summed E-state index contributed by atoms with van der Waals surface area (Å²) < 4.78 is 5.58. The highest BCUT2D eigenvalue weighted by molar-refractivity contribution is 7.80. The van der Waals surface area contributed by atoms with Crippen LogP contribution in [0.4, 0.5) is 5.69 Å². The number of carbonyl (C=O) groups excluding carboxylic acids is 1. The fourth-order valence-electron chi connectivity index (χ4n) is 1.92. The van der Waals surface area contributed by atoms with Crippen LogP contribution in [0.15, 0.2) is 42.5 Å². The lowest BCUT2D eigenvalue weighted by Crippen LogP contribution is -2.34. The Morgan fingerprint density at radius 2 is 1.92 bits per heavy atom. The van der Waals surface area contributed by atoms with Gasteiger partial charge in [-0.25, -0.2) is 0 Å². The average Bonchev–Trinajstić information content (AvgIpc) is 2.57. The summed E-state index contributed by atoms with van der Waals surface area (Å²) in [5, 5.41) is 6.32. The Morgan fingerprint density at radius 1 is 1.17 bits per heavy atom. The molecule has 0 aliphatic carbocycles. The monoisotopic (exact) mass is 382 g/mol. The maximum atomic E-state index is 12.4. The van der Waals surface area contributed by atoms with E-state index in [0.717, 1.165) is 6.42 Å². The van der Waals surface area contributed by atoms with Gasteiger partial charge in [-0.1, -0.05) is 48.3 Å². The first-order valence-electron chi connectivity index (χ1n) is 7.31. The third-order valence-corrected chi connectivity index (χ3v) is 4.04. The molecule has 2 rings (SSSR count). The Balaban J connectivity index is 2.07. The molecule has 0 saturated heterocycles. The average molecular weight is 383 g/mol. The van der Waals surface area contributed by atoms with E-state index < -0.39 is 0 Å². The fraction of sp³-hybridized carbons (Fsp3) is 0.176. The first-order chi connectivity index (χ1) is 11.5. The number of hydrogen-bond acceptors (Lipinski definition) is 3. The van der Waals surface area contributed by atoms with Gasteiger partial charge in [0, 0.05) is 0 Å². The van der Waals surface area contributed by atoms with Crippen molar-refractivity contribution in [2.45, 2.75) is 13.3 Å². The van der Waals surface area contributed by atoms with Crippen molar-refractivity contribution in [3.8, 4) is 5.75 Å². The van der Waals surface area contributed by atoms with E-state index in [1.807, 2.05) is 13.0 Å². The van der Waals surface area contributed by atoms with Crippen LogP contribution in [-0.4, -0.2) is 17.6 Å². The van der Waals surface area contributed by atoms with Crippen molar-refractivity contribution < 1.29 is 9.53 Å². The number of hydrogen-bond donors (Lipinski definition) is 2. The van der Waals surface area contributed by atoms with E-state index in [1.165, 1.54) is 0 Å². The summed E-state index contributed by atoms with van der Waals surface area (Å²) in [6, 6.07) is 12.1. The number of rotatable bonds is 5. The van der Waals surface area contributed by atoms with Gasteiger partial charge < -0.3 is 10.1 Å². The highest BCUT2D eigenvalue weighted by atomic mass is 35.5. The first kappa shape index (κ1) is 18.5. The lowest BCUT2D eigenvalue weighted by Gasteiger charge is -2.13. The highest BCUT2D eigenvalue weighted by Crippen LogP contribution is 2.29. The van der Waals surface area contributed by atoms with E-state index in [9.17, 15) is 4.79 Å². The molecule has 0 saturated carbocycles. The van der Waals surface area contributed by atoms with Gasteiger partial charge in [-0.2, -0.15) is 0 Å². The van der Waals surface area contributed by atoms with Gasteiger partial charge in [0.25, 0.3) is 5.91 Å². The molecule has 0 spiro atoms. The van der Waals surface area contributed by atoms with Gasteiger partial charge in [0.05, 0.1) is 27.9 Å². The molecule has 7 heteroatoms. The minimum atomic E-state index is -0.364. The Labute approximate surface area is 156 Å². The molecule has 24 heavy (non-hydrogen) atoms. The van der Waals surface area contributed by atoms with Crippen LogP contribution in [0.1, 0.15) is 23.7 Å². The zero-order valence-corrected chi connectivity index (χ0v) is 15.3. The molecule has 2 N–H and O–H groups in total. The van der Waals surface area contributed by atoms with Crippen LogP contribution in [0, 0.1) is 0 Å². The van der Waals surface area contributed by atoms with Crippen LogP contribution in [-0.2, 0) is 0 Å². The maximum Gasteiger partial charge on any atom is 0.261 e. The van der Waals surface area contributed by atoms with Gasteiger partial charge in [0.1, 0.15) is 5.75 Å². The third kappa shape index (κ3) is 4.84. The third-order valence-electron chi connectivity index (χ3n) is 3.02. The van der Waals surface area contributed by atoms with Gasteiger partial charge >= 0.3 is 0 Å². The second kappa shape index (κ2) is 8.87. The van der Waals surface area contributed by atoms with Crippen molar-refractivity contribution in [3.05, 3.63) is 58.1 Å². The number of amides is 1. The standard InChI is InChI=1S/C17H16Cl2N2O2S/c1-2-10-23-14-9-4-3-6-11(14)16(22)21-17(24)20-13-8-5-7-12(18)15(13)19/h3-9H,2,10H2,1H3,(H2,20,21,22,24). The summed E-state index contributed by atoms with van der Waals surface area (Å²) in [4.78, 5) is 12.4. The number of ether oxygens (including phenoxy) is 1. The van der Waals surface area contributed by atoms with Gasteiger partial charge in [0.15, 0.2) is 5.11 Å². The van der Waals surface area contributed by atoms with E-state index in [-0.39, 0.29) is 11.0 Å². The van der Waals surface area contributed by atoms with E-state index in [4.69, 9.17) is 40.2 Å². The normalized spacial score (nSPS) is 10.1. The van der Waals surface area contributed by atoms with Crippen molar-refractivity contribution in [1.29, 1.82) is 0 Å². The zero-order chi connectivity index (χ0) is 17.5. The smallest absolute Gasteiger partial charge is 0.261 e. The quantitative estimate of drug-likeness (QED) is 0.721. The molecular weight excluding hydrogens is 367 g/mol. The number of anilines is 1. The summed E-state index contributed by atoms with van der Waals surface area (Å²) >= 11 is 17.2. The predicted molar refractivity (Wildman–Crippen MR) is 102 cm³/mol. The van der Waals surface area contributed by atoms with Crippen molar-refractivity contribution in [2.75, 3.05) is 11.9 Å². The van der Waals surface area contributed by atoms with Crippen LogP contribution in [0.5, 0.6) is 5.75 Å². The lowest BCUT2D eigenvalue weighted by molar-refractivity contribution is 0.0973. The molecular formula is C17H16Cl2N2O2S. The SMILES string of the molecule is CCCOc1ccccc1C(=O)NC(=S)Nc1cccc(Cl)c1Cl. The maximum absolute atomic E-state index is 12.4. The second-order valence-corrected chi connectivity index (χ2v) is 6.05. The highest BCUT2D eigenvalue weighted by Gasteiger charge is 2.14.